The molecule has 8 aromatic carbocycles. The molecule has 0 unspecified atom stereocenters. The molecule has 10 aromatic rings. The van der Waals surface area contributed by atoms with Gasteiger partial charge in [-0.05, 0) is 33.2 Å². The van der Waals surface area contributed by atoms with Crippen molar-refractivity contribution in [3.8, 4) is 56.3 Å². The number of aromatic nitrogens is 3. The van der Waals surface area contributed by atoms with Gasteiger partial charge >= 0.3 is 0 Å². The van der Waals surface area contributed by atoms with Gasteiger partial charge in [0.05, 0.1) is 22.6 Å². The van der Waals surface area contributed by atoms with Crippen LogP contribution >= 0.6 is 0 Å². The van der Waals surface area contributed by atoms with E-state index in [2.05, 4.69) is 176 Å². The second kappa shape index (κ2) is 12.4. The van der Waals surface area contributed by atoms with E-state index < -0.39 is 0 Å². The molecule has 3 heteroatoms. The van der Waals surface area contributed by atoms with Crippen LogP contribution in [-0.4, -0.2) is 15.0 Å². The van der Waals surface area contributed by atoms with E-state index in [1.807, 2.05) is 12.1 Å². The Bertz CT molecular complexity index is 2850. The number of benzene rings is 8. The quantitative estimate of drug-likeness (QED) is 0.172. The van der Waals surface area contributed by atoms with Gasteiger partial charge in [0.15, 0.2) is 5.82 Å². The highest BCUT2D eigenvalue weighted by Crippen LogP contribution is 2.42. The molecule has 0 radical (unpaired) electrons. The number of fused-ring (bicyclic) bond motifs is 6. The van der Waals surface area contributed by atoms with Crippen LogP contribution in [0.1, 0.15) is 0 Å². The minimum absolute atomic E-state index is 0.703. The van der Waals surface area contributed by atoms with Gasteiger partial charge in [0.2, 0.25) is 0 Å². The molecule has 242 valence electrons. The summed E-state index contributed by atoms with van der Waals surface area (Å²) in [5.41, 5.74) is 9.93. The molecule has 0 aliphatic heterocycles. The monoisotopic (exact) mass is 661 g/mol. The second-order valence-corrected chi connectivity index (χ2v) is 13.1. The predicted octanol–water partition coefficient (Wildman–Crippen LogP) is 12.8. The Morgan fingerprint density at radius 3 is 1.50 bits per heavy atom. The molecule has 2 heterocycles. The van der Waals surface area contributed by atoms with E-state index in [4.69, 9.17) is 15.0 Å². The molecule has 0 bridgehead atoms. The van der Waals surface area contributed by atoms with Crippen LogP contribution in [0.5, 0.6) is 0 Å². The van der Waals surface area contributed by atoms with Crippen LogP contribution in [0, 0.1) is 0 Å². The Kier molecular flexibility index (Phi) is 7.14. The molecule has 0 aliphatic carbocycles. The van der Waals surface area contributed by atoms with Gasteiger partial charge in [-0.2, -0.15) is 0 Å². The molecule has 0 N–H and O–H groups in total. The van der Waals surface area contributed by atoms with Crippen LogP contribution in [0.4, 0.5) is 0 Å². The Morgan fingerprint density at radius 1 is 0.288 bits per heavy atom. The summed E-state index contributed by atoms with van der Waals surface area (Å²) >= 11 is 0. The van der Waals surface area contributed by atoms with Crippen LogP contribution in [0.2, 0.25) is 0 Å². The number of para-hydroxylation sites is 1. The first kappa shape index (κ1) is 29.9. The Hall–Kier alpha value is -6.97. The van der Waals surface area contributed by atoms with E-state index in [1.54, 1.807) is 0 Å². The molecule has 3 nitrogen and oxygen atoms in total. The average Bonchev–Trinajstić information content (AvgIpc) is 3.23. The molecule has 0 atom stereocenters. The van der Waals surface area contributed by atoms with Gasteiger partial charge in [0, 0.05) is 44.0 Å². The SMILES string of the molecule is c1ccc(-c2nc(-c3cccc4ccccc34)nc(-c3ccccc3)c2-c2ccc(-c3nc4ccccc4c4c3ccc3ccccc34)cc2)cc1. The average molecular weight is 662 g/mol. The Morgan fingerprint density at radius 2 is 0.808 bits per heavy atom. The molecule has 0 saturated heterocycles. The molecule has 0 aliphatic rings. The summed E-state index contributed by atoms with van der Waals surface area (Å²) < 4.78 is 0. The highest BCUT2D eigenvalue weighted by Gasteiger charge is 2.21. The largest absolute Gasteiger partial charge is 0.247 e. The summed E-state index contributed by atoms with van der Waals surface area (Å²) in [4.78, 5) is 16.0. The molecular weight excluding hydrogens is 631 g/mol. The maximum atomic E-state index is 5.39. The zero-order valence-corrected chi connectivity index (χ0v) is 28.2. The molecule has 52 heavy (non-hydrogen) atoms. The van der Waals surface area contributed by atoms with Crippen molar-refractivity contribution in [3.63, 3.8) is 0 Å². The summed E-state index contributed by atoms with van der Waals surface area (Å²) in [5.74, 6) is 0.703. The van der Waals surface area contributed by atoms with Crippen molar-refractivity contribution in [2.75, 3.05) is 0 Å². The van der Waals surface area contributed by atoms with E-state index in [-0.39, 0.29) is 0 Å². The number of rotatable bonds is 5. The number of pyridine rings is 1. The van der Waals surface area contributed by atoms with Crippen molar-refractivity contribution in [1.82, 2.24) is 15.0 Å². The maximum absolute atomic E-state index is 5.39. The highest BCUT2D eigenvalue weighted by molar-refractivity contribution is 6.22. The lowest BCUT2D eigenvalue weighted by Gasteiger charge is -2.18. The van der Waals surface area contributed by atoms with Crippen LogP contribution in [0.15, 0.2) is 188 Å². The maximum Gasteiger partial charge on any atom is 0.161 e. The summed E-state index contributed by atoms with van der Waals surface area (Å²) in [6.45, 7) is 0. The normalized spacial score (nSPS) is 11.5. The Labute approximate surface area is 301 Å². The van der Waals surface area contributed by atoms with Crippen molar-refractivity contribution in [2.45, 2.75) is 0 Å². The topological polar surface area (TPSA) is 38.7 Å². The lowest BCUT2D eigenvalue weighted by atomic mass is 9.92. The predicted molar refractivity (Wildman–Crippen MR) is 217 cm³/mol. The van der Waals surface area contributed by atoms with E-state index in [0.29, 0.717) is 5.82 Å². The lowest BCUT2D eigenvalue weighted by Crippen LogP contribution is -2.01. The molecule has 0 fully saturated rings. The first-order chi connectivity index (χ1) is 25.8. The molecule has 10 rings (SSSR count). The number of hydrogen-bond donors (Lipinski definition) is 0. The van der Waals surface area contributed by atoms with Crippen molar-refractivity contribution >= 4 is 43.2 Å². The van der Waals surface area contributed by atoms with E-state index >= 15 is 0 Å². The van der Waals surface area contributed by atoms with Crippen molar-refractivity contribution in [2.24, 2.45) is 0 Å². The van der Waals surface area contributed by atoms with Gasteiger partial charge < -0.3 is 0 Å². The minimum Gasteiger partial charge on any atom is -0.247 e. The molecule has 0 saturated carbocycles. The van der Waals surface area contributed by atoms with Crippen molar-refractivity contribution in [1.29, 1.82) is 0 Å². The summed E-state index contributed by atoms with van der Waals surface area (Å²) in [6, 6.07) is 66.0. The van der Waals surface area contributed by atoms with Gasteiger partial charge in [0.25, 0.3) is 0 Å². The highest BCUT2D eigenvalue weighted by atomic mass is 14.9. The lowest BCUT2D eigenvalue weighted by molar-refractivity contribution is 1.19. The van der Waals surface area contributed by atoms with Gasteiger partial charge in [0.1, 0.15) is 0 Å². The van der Waals surface area contributed by atoms with Crippen LogP contribution in [-0.2, 0) is 0 Å². The fourth-order valence-electron chi connectivity index (χ4n) is 7.62. The molecule has 0 spiro atoms. The first-order valence-electron chi connectivity index (χ1n) is 17.6. The summed E-state index contributed by atoms with van der Waals surface area (Å²) in [5, 5.41) is 8.29. The molecule has 2 aromatic heterocycles. The van der Waals surface area contributed by atoms with Crippen LogP contribution < -0.4 is 0 Å². The van der Waals surface area contributed by atoms with Gasteiger partial charge in [-0.3, -0.25) is 0 Å². The standard InChI is InChI=1S/C49H31N3/c1-3-16-35(17-4-1)47-44(48(36-18-5-2-6-19-36)52-49(51-47)40-24-13-20-32-14-7-9-21-38(32)40)34-26-28-37(29-27-34)46-42-31-30-33-15-8-10-22-39(33)45(42)41-23-11-12-25-43(41)50-46/h1-31H. The van der Waals surface area contributed by atoms with Gasteiger partial charge in [-0.1, -0.05) is 182 Å². The van der Waals surface area contributed by atoms with E-state index in [9.17, 15) is 0 Å². The zero-order valence-electron chi connectivity index (χ0n) is 28.2. The van der Waals surface area contributed by atoms with E-state index in [0.717, 1.165) is 77.5 Å². The zero-order chi connectivity index (χ0) is 34.4. The third-order valence-electron chi connectivity index (χ3n) is 10.1. The van der Waals surface area contributed by atoms with E-state index in [1.165, 1.54) is 16.2 Å². The molecule has 0 amide bonds. The summed E-state index contributed by atoms with van der Waals surface area (Å²) in [6.07, 6.45) is 0. The fourth-order valence-corrected chi connectivity index (χ4v) is 7.62. The molecular formula is C49H31N3. The Balaban J connectivity index is 1.21. The van der Waals surface area contributed by atoms with Crippen molar-refractivity contribution in [3.05, 3.63) is 188 Å². The second-order valence-electron chi connectivity index (χ2n) is 13.1. The summed E-state index contributed by atoms with van der Waals surface area (Å²) in [7, 11) is 0. The fraction of sp³-hybridized carbons (Fsp3) is 0. The van der Waals surface area contributed by atoms with Crippen LogP contribution in [0.25, 0.3) is 99.5 Å². The number of hydrogen-bond acceptors (Lipinski definition) is 3. The van der Waals surface area contributed by atoms with Gasteiger partial charge in [-0.15, -0.1) is 0 Å². The smallest absolute Gasteiger partial charge is 0.161 e. The minimum atomic E-state index is 0.703. The van der Waals surface area contributed by atoms with Crippen molar-refractivity contribution < 1.29 is 0 Å². The van der Waals surface area contributed by atoms with Crippen LogP contribution in [0.3, 0.4) is 0 Å². The van der Waals surface area contributed by atoms with Gasteiger partial charge in [-0.25, -0.2) is 15.0 Å². The first-order valence-corrected chi connectivity index (χ1v) is 17.6. The number of nitrogens with zero attached hydrogens (tertiary/aromatic N) is 3. The third-order valence-corrected chi connectivity index (χ3v) is 10.1. The third kappa shape index (κ3) is 5.02.